The molecule has 4 aromatic rings. The number of carbonyl (C=O) groups excluding carboxylic acids is 1. The summed E-state index contributed by atoms with van der Waals surface area (Å²) < 4.78 is 22.3. The summed E-state index contributed by atoms with van der Waals surface area (Å²) in [5.41, 5.74) is 1.17. The Labute approximate surface area is 177 Å². The van der Waals surface area contributed by atoms with Crippen LogP contribution >= 0.6 is 0 Å². The molecule has 0 bridgehead atoms. The molecule has 0 radical (unpaired) electrons. The zero-order chi connectivity index (χ0) is 21.8. The molecule has 7 nitrogen and oxygen atoms in total. The van der Waals surface area contributed by atoms with Crippen molar-refractivity contribution in [1.29, 1.82) is 0 Å². The molecule has 158 valence electrons. The van der Waals surface area contributed by atoms with Gasteiger partial charge in [-0.05, 0) is 42.5 Å². The Morgan fingerprint density at radius 1 is 1.13 bits per heavy atom. The second-order valence-corrected chi connectivity index (χ2v) is 6.98. The van der Waals surface area contributed by atoms with Crippen LogP contribution in [0.5, 0.6) is 5.75 Å². The van der Waals surface area contributed by atoms with Gasteiger partial charge in [0.2, 0.25) is 5.91 Å². The van der Waals surface area contributed by atoms with Gasteiger partial charge in [-0.15, -0.1) is 0 Å². The van der Waals surface area contributed by atoms with Crippen LogP contribution < -0.4 is 15.6 Å². The third-order valence-corrected chi connectivity index (χ3v) is 4.96. The normalized spacial score (nSPS) is 10.9. The number of hydrogen-bond donors (Lipinski definition) is 1. The highest BCUT2D eigenvalue weighted by atomic mass is 19.1. The van der Waals surface area contributed by atoms with E-state index in [0.29, 0.717) is 18.8 Å². The molecule has 0 aliphatic rings. The summed E-state index contributed by atoms with van der Waals surface area (Å²) in [6, 6.07) is 16.7. The highest BCUT2D eigenvalue weighted by Gasteiger charge is 2.10. The van der Waals surface area contributed by atoms with Gasteiger partial charge < -0.3 is 14.6 Å². The van der Waals surface area contributed by atoms with E-state index in [1.54, 1.807) is 25.3 Å². The summed E-state index contributed by atoms with van der Waals surface area (Å²) in [5, 5.41) is 7.99. The van der Waals surface area contributed by atoms with Crippen LogP contribution in [-0.4, -0.2) is 33.9 Å². The van der Waals surface area contributed by atoms with Crippen LogP contribution in [0.1, 0.15) is 0 Å². The number of rotatable bonds is 7. The number of carbonyl (C=O) groups is 1. The van der Waals surface area contributed by atoms with Gasteiger partial charge in [-0.25, -0.2) is 9.07 Å². The third kappa shape index (κ3) is 4.48. The molecule has 0 fully saturated rings. The third-order valence-electron chi connectivity index (χ3n) is 4.96. The van der Waals surface area contributed by atoms with E-state index in [9.17, 15) is 14.0 Å². The molecule has 8 heteroatoms. The lowest BCUT2D eigenvalue weighted by Gasteiger charge is -2.10. The predicted molar refractivity (Wildman–Crippen MR) is 115 cm³/mol. The number of methoxy groups -OCH3 is 1. The summed E-state index contributed by atoms with van der Waals surface area (Å²) in [7, 11) is 1.62. The molecule has 0 spiro atoms. The van der Waals surface area contributed by atoms with Crippen molar-refractivity contribution in [2.24, 2.45) is 0 Å². The van der Waals surface area contributed by atoms with Crippen LogP contribution in [0.3, 0.4) is 0 Å². The van der Waals surface area contributed by atoms with E-state index in [2.05, 4.69) is 10.4 Å². The fourth-order valence-corrected chi connectivity index (χ4v) is 3.38. The van der Waals surface area contributed by atoms with E-state index in [0.717, 1.165) is 21.3 Å². The molecule has 2 aromatic carbocycles. The average molecular weight is 420 g/mol. The zero-order valence-electron chi connectivity index (χ0n) is 16.9. The largest absolute Gasteiger partial charge is 0.497 e. The van der Waals surface area contributed by atoms with Gasteiger partial charge in [0.15, 0.2) is 0 Å². The fraction of sp³-hybridized carbons (Fsp3) is 0.174. The van der Waals surface area contributed by atoms with Crippen LogP contribution in [0.2, 0.25) is 0 Å². The molecule has 0 saturated carbocycles. The first-order valence-corrected chi connectivity index (χ1v) is 9.78. The standard InChI is InChI=1S/C23H21FN4O3/c1-31-17-6-8-21-16(14-17)10-12-27(21)13-11-25-22(29)15-28-23(30)9-7-20(26-28)18-4-2-3-5-19(18)24/h2-10,12,14H,11,13,15H2,1H3,(H,25,29). The van der Waals surface area contributed by atoms with E-state index in [1.807, 2.05) is 35.0 Å². The zero-order valence-corrected chi connectivity index (χ0v) is 16.9. The van der Waals surface area contributed by atoms with Crippen molar-refractivity contribution in [2.45, 2.75) is 13.1 Å². The molecule has 31 heavy (non-hydrogen) atoms. The van der Waals surface area contributed by atoms with Gasteiger partial charge in [-0.2, -0.15) is 5.10 Å². The first-order chi connectivity index (χ1) is 15.0. The molecule has 0 atom stereocenters. The molecule has 2 aromatic heterocycles. The smallest absolute Gasteiger partial charge is 0.267 e. The van der Waals surface area contributed by atoms with Crippen LogP contribution in [0.25, 0.3) is 22.2 Å². The van der Waals surface area contributed by atoms with E-state index >= 15 is 0 Å². The first kappa shape index (κ1) is 20.3. The second kappa shape index (κ2) is 8.83. The molecule has 0 unspecified atom stereocenters. The molecule has 0 aliphatic carbocycles. The summed E-state index contributed by atoms with van der Waals surface area (Å²) in [6.45, 7) is 0.709. The van der Waals surface area contributed by atoms with Crippen molar-refractivity contribution < 1.29 is 13.9 Å². The highest BCUT2D eigenvalue weighted by molar-refractivity contribution is 5.81. The van der Waals surface area contributed by atoms with Crippen molar-refractivity contribution in [3.8, 4) is 17.0 Å². The maximum absolute atomic E-state index is 14.0. The number of hydrogen-bond acceptors (Lipinski definition) is 4. The van der Waals surface area contributed by atoms with Gasteiger partial charge in [-0.1, -0.05) is 12.1 Å². The Kier molecular flexibility index (Phi) is 5.79. The maximum Gasteiger partial charge on any atom is 0.267 e. The SMILES string of the molecule is COc1ccc2c(ccn2CCNC(=O)Cn2nc(-c3ccccc3F)ccc2=O)c1. The number of benzene rings is 2. The minimum atomic E-state index is -0.443. The predicted octanol–water partition coefficient (Wildman–Crippen LogP) is 2.83. The summed E-state index contributed by atoms with van der Waals surface area (Å²) >= 11 is 0. The quantitative estimate of drug-likeness (QED) is 0.499. The van der Waals surface area contributed by atoms with E-state index in [4.69, 9.17) is 4.74 Å². The Bertz CT molecular complexity index is 1300. The van der Waals surface area contributed by atoms with Gasteiger partial charge in [-0.3, -0.25) is 9.59 Å². The number of halogens is 1. The lowest BCUT2D eigenvalue weighted by atomic mass is 10.1. The number of fused-ring (bicyclic) bond motifs is 1. The Balaban J connectivity index is 1.40. The number of nitrogens with one attached hydrogen (secondary N) is 1. The topological polar surface area (TPSA) is 78.2 Å². The van der Waals surface area contributed by atoms with E-state index < -0.39 is 11.4 Å². The van der Waals surface area contributed by atoms with Crippen molar-refractivity contribution in [2.75, 3.05) is 13.7 Å². The van der Waals surface area contributed by atoms with E-state index in [-0.39, 0.29) is 18.0 Å². The van der Waals surface area contributed by atoms with Crippen molar-refractivity contribution in [3.63, 3.8) is 0 Å². The fourth-order valence-electron chi connectivity index (χ4n) is 3.38. The highest BCUT2D eigenvalue weighted by Crippen LogP contribution is 2.21. The average Bonchev–Trinajstić information content (AvgIpc) is 3.18. The molecule has 1 N–H and O–H groups in total. The number of ether oxygens (including phenoxy) is 1. The monoisotopic (exact) mass is 420 g/mol. The minimum absolute atomic E-state index is 0.245. The molecule has 2 heterocycles. The molecule has 0 aliphatic heterocycles. The van der Waals surface area contributed by atoms with Crippen molar-refractivity contribution in [1.82, 2.24) is 19.7 Å². The molecular formula is C23H21FN4O3. The van der Waals surface area contributed by atoms with E-state index in [1.165, 1.54) is 18.2 Å². The first-order valence-electron chi connectivity index (χ1n) is 9.78. The van der Waals surface area contributed by atoms with Gasteiger partial charge in [0.25, 0.3) is 5.56 Å². The van der Waals surface area contributed by atoms with Gasteiger partial charge in [0.05, 0.1) is 12.8 Å². The second-order valence-electron chi connectivity index (χ2n) is 6.98. The lowest BCUT2D eigenvalue weighted by molar-refractivity contribution is -0.121. The number of aromatic nitrogens is 3. The minimum Gasteiger partial charge on any atom is -0.497 e. The van der Waals surface area contributed by atoms with Gasteiger partial charge in [0, 0.05) is 41.8 Å². The molecular weight excluding hydrogens is 399 g/mol. The van der Waals surface area contributed by atoms with Crippen molar-refractivity contribution >= 4 is 16.8 Å². The summed E-state index contributed by atoms with van der Waals surface area (Å²) in [4.78, 5) is 24.4. The van der Waals surface area contributed by atoms with Gasteiger partial charge in [0.1, 0.15) is 18.1 Å². The summed E-state index contributed by atoms with van der Waals surface area (Å²) in [5.74, 6) is -0.00579. The van der Waals surface area contributed by atoms with Gasteiger partial charge >= 0.3 is 0 Å². The Morgan fingerprint density at radius 2 is 1.97 bits per heavy atom. The van der Waals surface area contributed by atoms with Crippen LogP contribution in [0.15, 0.2) is 71.7 Å². The van der Waals surface area contributed by atoms with Crippen LogP contribution in [0.4, 0.5) is 4.39 Å². The summed E-state index contributed by atoms with van der Waals surface area (Å²) in [6.07, 6.45) is 1.94. The van der Waals surface area contributed by atoms with Crippen molar-refractivity contribution in [3.05, 3.63) is 83.0 Å². The number of amides is 1. The van der Waals surface area contributed by atoms with Crippen LogP contribution in [0, 0.1) is 5.82 Å². The lowest BCUT2D eigenvalue weighted by Crippen LogP contribution is -2.35. The molecule has 1 amide bonds. The Morgan fingerprint density at radius 3 is 2.77 bits per heavy atom. The molecule has 0 saturated heterocycles. The van der Waals surface area contributed by atoms with Crippen LogP contribution in [-0.2, 0) is 17.9 Å². The maximum atomic E-state index is 14.0. The number of nitrogens with zero attached hydrogens (tertiary/aromatic N) is 3. The molecule has 4 rings (SSSR count). The Hall–Kier alpha value is -3.94.